The normalized spacial score (nSPS) is 25.2. The van der Waals surface area contributed by atoms with Crippen molar-refractivity contribution < 1.29 is 0 Å². The van der Waals surface area contributed by atoms with Crippen LogP contribution in [0.25, 0.3) is 0 Å². The van der Waals surface area contributed by atoms with Crippen LogP contribution in [0, 0.1) is 0 Å². The minimum atomic E-state index is 0.564. The minimum absolute atomic E-state index is 0.564. The fraction of sp³-hybridized carbons (Fsp3) is 0.588. The number of hydrogen-bond donors (Lipinski definition) is 1. The van der Waals surface area contributed by atoms with E-state index in [2.05, 4.69) is 33.0 Å². The Kier molecular flexibility index (Phi) is 3.92. The van der Waals surface area contributed by atoms with E-state index >= 15 is 0 Å². The Morgan fingerprint density at radius 1 is 1.32 bits per heavy atom. The Morgan fingerprint density at radius 2 is 2.27 bits per heavy atom. The summed E-state index contributed by atoms with van der Waals surface area (Å²) in [6.07, 6.45) is 10.5. The van der Waals surface area contributed by atoms with Gasteiger partial charge >= 0.3 is 0 Å². The molecule has 0 aromatic carbocycles. The molecular weight excluding hydrogens is 292 g/mol. The van der Waals surface area contributed by atoms with Crippen molar-refractivity contribution in [2.45, 2.75) is 44.2 Å². The highest BCUT2D eigenvalue weighted by Gasteiger charge is 2.27. The largest absolute Gasteiger partial charge is 0.367 e. The molecule has 1 N–H and O–H groups in total. The second kappa shape index (κ2) is 6.05. The zero-order valence-corrected chi connectivity index (χ0v) is 14.0. The van der Waals surface area contributed by atoms with Crippen molar-refractivity contribution in [3.63, 3.8) is 0 Å². The Bertz CT molecular complexity index is 632. The third-order valence-corrected chi connectivity index (χ3v) is 5.96. The van der Waals surface area contributed by atoms with Gasteiger partial charge in [0.15, 0.2) is 0 Å². The van der Waals surface area contributed by atoms with Crippen LogP contribution >= 0.6 is 11.3 Å². The van der Waals surface area contributed by atoms with E-state index in [1.54, 1.807) is 10.4 Å². The van der Waals surface area contributed by atoms with Crippen molar-refractivity contribution in [1.82, 2.24) is 15.1 Å². The third-order valence-electron chi connectivity index (χ3n) is 4.97. The van der Waals surface area contributed by atoms with Gasteiger partial charge in [0.2, 0.25) is 0 Å². The van der Waals surface area contributed by atoms with Crippen molar-refractivity contribution >= 4 is 17.0 Å². The molecule has 118 valence electrons. The summed E-state index contributed by atoms with van der Waals surface area (Å²) in [5.74, 6) is 0. The van der Waals surface area contributed by atoms with Gasteiger partial charge in [-0.05, 0) is 49.1 Å². The highest BCUT2D eigenvalue weighted by atomic mass is 32.1. The first-order valence-electron chi connectivity index (χ1n) is 8.35. The molecule has 0 unspecified atom stereocenters. The van der Waals surface area contributed by atoms with Crippen LogP contribution in [0.4, 0.5) is 5.69 Å². The van der Waals surface area contributed by atoms with Crippen LogP contribution in [0.1, 0.15) is 42.2 Å². The van der Waals surface area contributed by atoms with E-state index < -0.39 is 0 Å². The summed E-state index contributed by atoms with van der Waals surface area (Å²) < 4.78 is 1.89. The molecule has 2 atom stereocenters. The maximum atomic E-state index is 4.31. The molecule has 0 bridgehead atoms. The van der Waals surface area contributed by atoms with Gasteiger partial charge in [-0.3, -0.25) is 4.68 Å². The molecule has 2 aliphatic rings. The Hall–Kier alpha value is -1.33. The van der Waals surface area contributed by atoms with Crippen LogP contribution in [0.15, 0.2) is 23.8 Å². The lowest BCUT2D eigenvalue weighted by Gasteiger charge is -2.37. The molecule has 4 rings (SSSR count). The number of nitrogens with one attached hydrogen (secondary N) is 1. The molecule has 2 aromatic rings. The van der Waals surface area contributed by atoms with Crippen LogP contribution < -0.4 is 10.2 Å². The molecule has 1 aliphatic carbocycles. The van der Waals surface area contributed by atoms with Crippen molar-refractivity contribution in [2.75, 3.05) is 18.0 Å². The molecule has 2 aromatic heterocycles. The predicted molar refractivity (Wildman–Crippen MR) is 91.6 cm³/mol. The van der Waals surface area contributed by atoms with Gasteiger partial charge in [-0.25, -0.2) is 0 Å². The van der Waals surface area contributed by atoms with Crippen LogP contribution in [-0.4, -0.2) is 28.9 Å². The monoisotopic (exact) mass is 316 g/mol. The fourth-order valence-electron chi connectivity index (χ4n) is 3.86. The van der Waals surface area contributed by atoms with Crippen molar-refractivity contribution in [3.05, 3.63) is 34.3 Å². The number of thiophene rings is 1. The molecule has 0 amide bonds. The Labute approximate surface area is 136 Å². The number of aryl methyl sites for hydroxylation is 2. The molecule has 1 fully saturated rings. The average molecular weight is 316 g/mol. The number of rotatable bonds is 3. The van der Waals surface area contributed by atoms with E-state index in [1.807, 2.05) is 29.3 Å². The van der Waals surface area contributed by atoms with Crippen LogP contribution in [0.5, 0.6) is 0 Å². The summed E-state index contributed by atoms with van der Waals surface area (Å²) >= 11 is 1.93. The molecule has 3 heterocycles. The van der Waals surface area contributed by atoms with E-state index in [-0.39, 0.29) is 0 Å². The van der Waals surface area contributed by atoms with Crippen LogP contribution in [0.3, 0.4) is 0 Å². The first kappa shape index (κ1) is 14.3. The number of nitrogens with zero attached hydrogens (tertiary/aromatic N) is 3. The second-order valence-corrected chi connectivity index (χ2v) is 7.57. The summed E-state index contributed by atoms with van der Waals surface area (Å²) in [5, 5.41) is 10.5. The van der Waals surface area contributed by atoms with E-state index in [0.29, 0.717) is 12.1 Å². The summed E-state index contributed by atoms with van der Waals surface area (Å²) in [7, 11) is 1.99. The molecule has 4 nitrogen and oxygen atoms in total. The first-order valence-corrected chi connectivity index (χ1v) is 9.23. The van der Waals surface area contributed by atoms with Crippen molar-refractivity contribution in [1.29, 1.82) is 0 Å². The fourth-order valence-corrected chi connectivity index (χ4v) is 4.85. The zero-order valence-electron chi connectivity index (χ0n) is 13.2. The van der Waals surface area contributed by atoms with E-state index in [4.69, 9.17) is 0 Å². The first-order chi connectivity index (χ1) is 10.8. The standard InChI is InChI=1S/C17H24N4S/c1-20-12-14(10-18-20)21-8-3-4-13(11-21)19-16-5-2-6-17-15(16)7-9-22-17/h7,9-10,12-13,16,19H,2-6,8,11H2,1H3/t13-,16-/m0/s1. The smallest absolute Gasteiger partial charge is 0.0752 e. The molecule has 22 heavy (non-hydrogen) atoms. The highest BCUT2D eigenvalue weighted by molar-refractivity contribution is 7.10. The highest BCUT2D eigenvalue weighted by Crippen LogP contribution is 2.34. The van der Waals surface area contributed by atoms with E-state index in [0.717, 1.165) is 13.1 Å². The number of hydrogen-bond acceptors (Lipinski definition) is 4. The van der Waals surface area contributed by atoms with Crippen LogP contribution in [0.2, 0.25) is 0 Å². The molecule has 0 spiro atoms. The lowest BCUT2D eigenvalue weighted by molar-refractivity contribution is 0.354. The third kappa shape index (κ3) is 2.79. The van der Waals surface area contributed by atoms with Gasteiger partial charge in [-0.1, -0.05) is 0 Å². The molecular formula is C17H24N4S. The second-order valence-electron chi connectivity index (χ2n) is 6.57. The van der Waals surface area contributed by atoms with Gasteiger partial charge in [0.25, 0.3) is 0 Å². The zero-order chi connectivity index (χ0) is 14.9. The SMILES string of the molecule is Cn1cc(N2CCC[C@H](N[C@H]3CCCc4sccc43)C2)cn1. The van der Waals surface area contributed by atoms with Gasteiger partial charge in [-0.2, -0.15) is 5.10 Å². The summed E-state index contributed by atoms with van der Waals surface area (Å²) in [4.78, 5) is 4.08. The number of piperidine rings is 1. The Morgan fingerprint density at radius 3 is 3.14 bits per heavy atom. The van der Waals surface area contributed by atoms with Crippen molar-refractivity contribution in [3.8, 4) is 0 Å². The lowest BCUT2D eigenvalue weighted by Crippen LogP contribution is -2.47. The number of aromatic nitrogens is 2. The quantitative estimate of drug-likeness (QED) is 0.944. The molecule has 0 saturated carbocycles. The van der Waals surface area contributed by atoms with E-state index in [1.165, 1.54) is 37.8 Å². The molecule has 0 radical (unpaired) electrons. The predicted octanol–water partition coefficient (Wildman–Crippen LogP) is 3.12. The van der Waals surface area contributed by atoms with Gasteiger partial charge in [0, 0.05) is 43.3 Å². The van der Waals surface area contributed by atoms with E-state index in [9.17, 15) is 0 Å². The van der Waals surface area contributed by atoms with Crippen molar-refractivity contribution in [2.24, 2.45) is 7.05 Å². The topological polar surface area (TPSA) is 33.1 Å². The van der Waals surface area contributed by atoms with Gasteiger partial charge < -0.3 is 10.2 Å². The number of fused-ring (bicyclic) bond motifs is 1. The Balaban J connectivity index is 1.43. The summed E-state index contributed by atoms with van der Waals surface area (Å²) in [5.41, 5.74) is 2.82. The van der Waals surface area contributed by atoms with Gasteiger partial charge in [-0.15, -0.1) is 11.3 Å². The maximum Gasteiger partial charge on any atom is 0.0752 e. The average Bonchev–Trinajstić information content (AvgIpc) is 3.17. The van der Waals surface area contributed by atoms with Crippen LogP contribution in [-0.2, 0) is 13.5 Å². The molecule has 1 aliphatic heterocycles. The minimum Gasteiger partial charge on any atom is -0.367 e. The number of anilines is 1. The maximum absolute atomic E-state index is 4.31. The lowest BCUT2D eigenvalue weighted by atomic mass is 9.92. The summed E-state index contributed by atoms with van der Waals surface area (Å²) in [6, 6.07) is 3.48. The van der Waals surface area contributed by atoms with Gasteiger partial charge in [0.05, 0.1) is 11.9 Å². The van der Waals surface area contributed by atoms with Gasteiger partial charge in [0.1, 0.15) is 0 Å². The molecule has 1 saturated heterocycles. The summed E-state index contributed by atoms with van der Waals surface area (Å²) in [6.45, 7) is 2.25. The molecule has 5 heteroatoms.